The first-order chi connectivity index (χ1) is 7.72. The van der Waals surface area contributed by atoms with Crippen molar-refractivity contribution in [1.82, 2.24) is 4.98 Å². The molecule has 1 unspecified atom stereocenters. The van der Waals surface area contributed by atoms with Crippen LogP contribution in [-0.4, -0.2) is 29.3 Å². The lowest BCUT2D eigenvalue weighted by atomic mass is 10.2. The van der Waals surface area contributed by atoms with Crippen molar-refractivity contribution in [2.75, 3.05) is 23.7 Å². The van der Waals surface area contributed by atoms with Gasteiger partial charge in [-0.05, 0) is 32.8 Å². The highest BCUT2D eigenvalue weighted by Crippen LogP contribution is 2.12. The van der Waals surface area contributed by atoms with Crippen LogP contribution in [0.3, 0.4) is 0 Å². The Balaban J connectivity index is 2.33. The minimum atomic E-state index is -0.215. The van der Waals surface area contributed by atoms with Gasteiger partial charge in [0.25, 0.3) is 0 Å². The number of aliphatic hydroxyl groups excluding tert-OH is 1. The average Bonchev–Trinajstić information content (AvgIpc) is 2.25. The second kappa shape index (κ2) is 7.06. The summed E-state index contributed by atoms with van der Waals surface area (Å²) in [7, 11) is 0. The second-order valence-electron chi connectivity index (χ2n) is 3.91. The van der Waals surface area contributed by atoms with Gasteiger partial charge in [-0.3, -0.25) is 4.98 Å². The molecule has 1 aromatic heterocycles. The first kappa shape index (κ1) is 12.8. The Morgan fingerprint density at radius 2 is 2.00 bits per heavy atom. The minimum Gasteiger partial charge on any atom is -0.393 e. The summed E-state index contributed by atoms with van der Waals surface area (Å²) in [6, 6.07) is 2.04. The molecule has 0 saturated carbocycles. The lowest BCUT2D eigenvalue weighted by Gasteiger charge is -2.09. The maximum Gasteiger partial charge on any atom is 0.0547 e. The predicted octanol–water partition coefficient (Wildman–Crippen LogP) is 2.09. The van der Waals surface area contributed by atoms with Crippen LogP contribution in [0.2, 0.25) is 0 Å². The van der Waals surface area contributed by atoms with Crippen LogP contribution in [0.15, 0.2) is 18.5 Å². The third-order valence-electron chi connectivity index (χ3n) is 2.25. The summed E-state index contributed by atoms with van der Waals surface area (Å²) in [6.07, 6.45) is 5.19. The van der Waals surface area contributed by atoms with Crippen molar-refractivity contribution >= 4 is 11.4 Å². The van der Waals surface area contributed by atoms with Crippen molar-refractivity contribution in [2.24, 2.45) is 0 Å². The Kier molecular flexibility index (Phi) is 5.64. The number of nitrogens with one attached hydrogen (secondary N) is 2. The zero-order valence-corrected chi connectivity index (χ0v) is 10.0. The van der Waals surface area contributed by atoms with Gasteiger partial charge in [0.2, 0.25) is 0 Å². The molecule has 1 atom stereocenters. The van der Waals surface area contributed by atoms with E-state index in [1.54, 1.807) is 0 Å². The molecule has 90 valence electrons. The topological polar surface area (TPSA) is 57.2 Å². The average molecular weight is 223 g/mol. The lowest BCUT2D eigenvalue weighted by Crippen LogP contribution is -2.07. The van der Waals surface area contributed by atoms with Crippen molar-refractivity contribution in [2.45, 2.75) is 32.8 Å². The number of aromatic nitrogens is 1. The second-order valence-corrected chi connectivity index (χ2v) is 3.91. The van der Waals surface area contributed by atoms with Crippen molar-refractivity contribution < 1.29 is 5.11 Å². The summed E-state index contributed by atoms with van der Waals surface area (Å²) in [4.78, 5) is 4.14. The summed E-state index contributed by atoms with van der Waals surface area (Å²) >= 11 is 0. The molecule has 3 N–H and O–H groups in total. The van der Waals surface area contributed by atoms with Crippen molar-refractivity contribution in [3.63, 3.8) is 0 Å². The molecule has 0 saturated heterocycles. The Morgan fingerprint density at radius 1 is 1.31 bits per heavy atom. The molecule has 1 aromatic rings. The number of aliphatic hydroxyl groups is 1. The van der Waals surface area contributed by atoms with Crippen molar-refractivity contribution in [1.29, 1.82) is 0 Å². The summed E-state index contributed by atoms with van der Waals surface area (Å²) in [5.41, 5.74) is 2.05. The van der Waals surface area contributed by atoms with E-state index in [4.69, 9.17) is 5.11 Å². The number of hydrogen-bond donors (Lipinski definition) is 3. The van der Waals surface area contributed by atoms with E-state index in [1.165, 1.54) is 0 Å². The largest absolute Gasteiger partial charge is 0.393 e. The zero-order valence-electron chi connectivity index (χ0n) is 10.0. The number of nitrogens with zero attached hydrogens (tertiary/aromatic N) is 1. The van der Waals surface area contributed by atoms with Crippen LogP contribution in [0, 0.1) is 0 Å². The SMILES string of the molecule is CCNc1cncc(NCCCC(C)O)c1. The predicted molar refractivity (Wildman–Crippen MR) is 67.8 cm³/mol. The normalized spacial score (nSPS) is 12.2. The van der Waals surface area contributed by atoms with Gasteiger partial charge < -0.3 is 15.7 Å². The number of anilines is 2. The van der Waals surface area contributed by atoms with Crippen LogP contribution in [0.4, 0.5) is 11.4 Å². The minimum absolute atomic E-state index is 0.215. The molecule has 1 rings (SSSR count). The summed E-state index contributed by atoms with van der Waals surface area (Å²) in [5.74, 6) is 0. The molecule has 4 nitrogen and oxygen atoms in total. The Labute approximate surface area is 97.1 Å². The molecule has 0 aliphatic heterocycles. The van der Waals surface area contributed by atoms with Gasteiger partial charge in [0.15, 0.2) is 0 Å². The first-order valence-corrected chi connectivity index (χ1v) is 5.83. The maximum absolute atomic E-state index is 9.11. The van der Waals surface area contributed by atoms with E-state index >= 15 is 0 Å². The molecule has 0 aliphatic rings. The summed E-state index contributed by atoms with van der Waals surface area (Å²) in [5, 5.41) is 15.6. The third-order valence-corrected chi connectivity index (χ3v) is 2.25. The Bertz CT molecular complexity index is 302. The maximum atomic E-state index is 9.11. The van der Waals surface area contributed by atoms with Crippen LogP contribution in [0.1, 0.15) is 26.7 Å². The molecule has 16 heavy (non-hydrogen) atoms. The van der Waals surface area contributed by atoms with Gasteiger partial charge in [-0.2, -0.15) is 0 Å². The number of pyridine rings is 1. The van der Waals surface area contributed by atoms with E-state index < -0.39 is 0 Å². The third kappa shape index (κ3) is 4.98. The molecule has 0 aromatic carbocycles. The molecular formula is C12H21N3O. The van der Waals surface area contributed by atoms with Gasteiger partial charge >= 0.3 is 0 Å². The molecule has 0 amide bonds. The van der Waals surface area contributed by atoms with Gasteiger partial charge in [-0.15, -0.1) is 0 Å². The van der Waals surface area contributed by atoms with Crippen LogP contribution in [-0.2, 0) is 0 Å². The van der Waals surface area contributed by atoms with Gasteiger partial charge in [-0.25, -0.2) is 0 Å². The van der Waals surface area contributed by atoms with Gasteiger partial charge in [0.05, 0.1) is 29.9 Å². The van der Waals surface area contributed by atoms with Gasteiger partial charge in [0, 0.05) is 13.1 Å². The smallest absolute Gasteiger partial charge is 0.0547 e. The fourth-order valence-corrected chi connectivity index (χ4v) is 1.47. The van der Waals surface area contributed by atoms with Crippen LogP contribution in [0.25, 0.3) is 0 Å². The lowest BCUT2D eigenvalue weighted by molar-refractivity contribution is 0.183. The molecule has 1 heterocycles. The molecule has 0 spiro atoms. The fraction of sp³-hybridized carbons (Fsp3) is 0.583. The van der Waals surface area contributed by atoms with Crippen LogP contribution >= 0.6 is 0 Å². The Hall–Kier alpha value is -1.29. The molecule has 4 heteroatoms. The van der Waals surface area contributed by atoms with Gasteiger partial charge in [0.1, 0.15) is 0 Å². The van der Waals surface area contributed by atoms with Crippen LogP contribution < -0.4 is 10.6 Å². The number of rotatable bonds is 7. The van der Waals surface area contributed by atoms with E-state index in [2.05, 4.69) is 22.5 Å². The quantitative estimate of drug-likeness (QED) is 0.619. The fourth-order valence-electron chi connectivity index (χ4n) is 1.47. The van der Waals surface area contributed by atoms with E-state index in [1.807, 2.05) is 25.4 Å². The summed E-state index contributed by atoms with van der Waals surface area (Å²) < 4.78 is 0. The standard InChI is InChI=1S/C12H21N3O/c1-3-14-11-7-12(9-13-8-11)15-6-4-5-10(2)16/h7-10,14-16H,3-6H2,1-2H3. The van der Waals surface area contributed by atoms with Gasteiger partial charge in [-0.1, -0.05) is 0 Å². The van der Waals surface area contributed by atoms with E-state index in [0.29, 0.717) is 0 Å². The molecular weight excluding hydrogens is 202 g/mol. The van der Waals surface area contributed by atoms with Crippen molar-refractivity contribution in [3.8, 4) is 0 Å². The highest BCUT2D eigenvalue weighted by atomic mass is 16.3. The molecule has 0 radical (unpaired) electrons. The van der Waals surface area contributed by atoms with E-state index in [9.17, 15) is 0 Å². The highest BCUT2D eigenvalue weighted by Gasteiger charge is 1.97. The Morgan fingerprint density at radius 3 is 2.62 bits per heavy atom. The van der Waals surface area contributed by atoms with Crippen LogP contribution in [0.5, 0.6) is 0 Å². The van der Waals surface area contributed by atoms with E-state index in [-0.39, 0.29) is 6.10 Å². The highest BCUT2D eigenvalue weighted by molar-refractivity contribution is 5.53. The molecule has 0 fully saturated rings. The molecule has 0 bridgehead atoms. The summed E-state index contributed by atoms with van der Waals surface area (Å²) in [6.45, 7) is 5.63. The van der Waals surface area contributed by atoms with E-state index in [0.717, 1.165) is 37.3 Å². The first-order valence-electron chi connectivity index (χ1n) is 5.83. The zero-order chi connectivity index (χ0) is 11.8. The monoisotopic (exact) mass is 223 g/mol. The van der Waals surface area contributed by atoms with Crippen molar-refractivity contribution in [3.05, 3.63) is 18.5 Å². The molecule has 0 aliphatic carbocycles. The number of hydrogen-bond acceptors (Lipinski definition) is 4.